The number of hydrogen-bond acceptors (Lipinski definition) is 10. The molecule has 34 heavy (non-hydrogen) atoms. The van der Waals surface area contributed by atoms with Crippen molar-refractivity contribution in [3.05, 3.63) is 63.4 Å². The summed E-state index contributed by atoms with van der Waals surface area (Å²) in [6.45, 7) is 2.80. The Morgan fingerprint density at radius 1 is 1.18 bits per heavy atom. The second-order valence-electron chi connectivity index (χ2n) is 7.58. The number of para-hydroxylation sites is 1. The normalized spacial score (nSPS) is 25.8. The quantitative estimate of drug-likeness (QED) is 0.267. The molecule has 2 heterocycles. The maximum atomic E-state index is 13.6. The highest BCUT2D eigenvalue weighted by atomic mass is 31.2. The fraction of sp³-hybridized carbons (Fsp3) is 0.450. The predicted molar refractivity (Wildman–Crippen MR) is 117 cm³/mol. The molecule has 0 aliphatic carbocycles. The fourth-order valence-corrected chi connectivity index (χ4v) is 5.07. The number of rotatable bonds is 9. The van der Waals surface area contributed by atoms with E-state index in [1.807, 2.05) is 4.98 Å². The van der Waals surface area contributed by atoms with Crippen molar-refractivity contribution < 1.29 is 38.1 Å². The zero-order valence-corrected chi connectivity index (χ0v) is 19.5. The lowest BCUT2D eigenvalue weighted by molar-refractivity contribution is -0.142. The Kier molecular flexibility index (Phi) is 8.08. The molecule has 14 heteroatoms. The second kappa shape index (κ2) is 10.6. The molecule has 1 saturated heterocycles. The van der Waals surface area contributed by atoms with Gasteiger partial charge in [-0.3, -0.25) is 23.7 Å². The van der Waals surface area contributed by atoms with Crippen LogP contribution in [-0.4, -0.2) is 63.3 Å². The highest BCUT2D eigenvalue weighted by molar-refractivity contribution is 7.52. The van der Waals surface area contributed by atoms with Crippen LogP contribution in [-0.2, 0) is 23.4 Å². The summed E-state index contributed by atoms with van der Waals surface area (Å²) >= 11 is 0. The van der Waals surface area contributed by atoms with Gasteiger partial charge in [0.15, 0.2) is 6.23 Å². The monoisotopic (exact) mass is 499 g/mol. The number of carbonyl (C=O) groups excluding carboxylic acids is 1. The van der Waals surface area contributed by atoms with Crippen LogP contribution >= 0.6 is 7.75 Å². The minimum Gasteiger partial charge on any atom is -0.468 e. The van der Waals surface area contributed by atoms with Crippen LogP contribution in [0.2, 0.25) is 0 Å². The lowest BCUT2D eigenvalue weighted by atomic mass is 10.1. The molecular formula is C20H26N3O10P. The van der Waals surface area contributed by atoms with Crippen molar-refractivity contribution in [2.45, 2.75) is 50.5 Å². The Hall–Kier alpha value is -2.80. The van der Waals surface area contributed by atoms with Crippen LogP contribution < -0.4 is 20.9 Å². The van der Waals surface area contributed by atoms with Crippen LogP contribution in [0.25, 0.3) is 0 Å². The predicted octanol–water partition coefficient (Wildman–Crippen LogP) is -0.101. The summed E-state index contributed by atoms with van der Waals surface area (Å²) in [5.74, 6) is -0.550. The number of ether oxygens (including phenoxy) is 2. The van der Waals surface area contributed by atoms with Gasteiger partial charge in [0.2, 0.25) is 0 Å². The molecule has 7 atom stereocenters. The molecule has 1 aliphatic rings. The first-order valence-corrected chi connectivity index (χ1v) is 11.8. The zero-order chi connectivity index (χ0) is 25.0. The summed E-state index contributed by atoms with van der Waals surface area (Å²) in [6.07, 6.45) is -5.80. The molecule has 4 N–H and O–H groups in total. The number of methoxy groups -OCH3 is 1. The van der Waals surface area contributed by atoms with Crippen molar-refractivity contribution in [2.24, 2.45) is 0 Å². The Bertz CT molecular complexity index is 1150. The number of nitrogens with one attached hydrogen (secondary N) is 2. The number of aromatic nitrogens is 2. The van der Waals surface area contributed by atoms with E-state index in [0.29, 0.717) is 0 Å². The molecule has 1 fully saturated rings. The van der Waals surface area contributed by atoms with Gasteiger partial charge in [0.1, 0.15) is 30.1 Å². The number of aromatic amines is 1. The van der Waals surface area contributed by atoms with Gasteiger partial charge in [0, 0.05) is 12.3 Å². The molecule has 0 radical (unpaired) electrons. The standard InChI is InChI=1S/C20H26N3O10P/c1-11(19(27)30-3)22-34(29,33-13-7-5-4-6-8-13)32-12(2)17-15(25)16(26)18(31-17)23-10-9-14(24)21-20(23)28/h4-12,15-18,25-26H,1-3H3,(H,22,29)(H,21,24,28)/t11-,12+,15-,16+,17+,18+,34?/m0/s1. The molecule has 0 amide bonds. The van der Waals surface area contributed by atoms with Gasteiger partial charge in [-0.25, -0.2) is 9.36 Å². The first-order valence-electron chi connectivity index (χ1n) is 10.3. The third-order valence-corrected chi connectivity index (χ3v) is 6.81. The number of benzene rings is 1. The van der Waals surface area contributed by atoms with Crippen molar-refractivity contribution in [2.75, 3.05) is 7.11 Å². The third-order valence-electron chi connectivity index (χ3n) is 5.04. The minimum atomic E-state index is -4.27. The van der Waals surface area contributed by atoms with E-state index in [9.17, 15) is 29.2 Å². The molecular weight excluding hydrogens is 473 g/mol. The number of aliphatic hydroxyl groups excluding tert-OH is 2. The van der Waals surface area contributed by atoms with E-state index in [-0.39, 0.29) is 5.75 Å². The lowest BCUT2D eigenvalue weighted by Gasteiger charge is -2.28. The van der Waals surface area contributed by atoms with Gasteiger partial charge < -0.3 is 24.2 Å². The first kappa shape index (κ1) is 25.8. The number of nitrogens with zero attached hydrogens (tertiary/aromatic N) is 1. The van der Waals surface area contributed by atoms with Gasteiger partial charge >= 0.3 is 19.4 Å². The Labute approximate surface area is 193 Å². The molecule has 2 aromatic rings. The van der Waals surface area contributed by atoms with Gasteiger partial charge in [0.25, 0.3) is 5.56 Å². The zero-order valence-electron chi connectivity index (χ0n) is 18.6. The summed E-state index contributed by atoms with van der Waals surface area (Å²) in [6, 6.07) is 8.01. The maximum Gasteiger partial charge on any atom is 0.459 e. The van der Waals surface area contributed by atoms with E-state index in [4.69, 9.17) is 13.8 Å². The second-order valence-corrected chi connectivity index (χ2v) is 9.22. The van der Waals surface area contributed by atoms with Gasteiger partial charge in [-0.2, -0.15) is 5.09 Å². The van der Waals surface area contributed by atoms with E-state index >= 15 is 0 Å². The highest BCUT2D eigenvalue weighted by Crippen LogP contribution is 2.47. The van der Waals surface area contributed by atoms with Crippen molar-refractivity contribution in [1.82, 2.24) is 14.6 Å². The third kappa shape index (κ3) is 5.81. The van der Waals surface area contributed by atoms with Crippen LogP contribution in [0.5, 0.6) is 5.75 Å². The first-order chi connectivity index (χ1) is 16.0. The van der Waals surface area contributed by atoms with Crippen molar-refractivity contribution in [3.8, 4) is 5.75 Å². The molecule has 0 bridgehead atoms. The SMILES string of the molecule is COC(=O)[C@H](C)NP(=O)(Oc1ccccc1)O[C@H](C)[C@H]1O[C@@H](n2ccc(=O)[nH]c2=O)[C@H](O)[C@@H]1O. The molecule has 0 saturated carbocycles. The van der Waals surface area contributed by atoms with Crippen molar-refractivity contribution in [3.63, 3.8) is 0 Å². The van der Waals surface area contributed by atoms with Crippen LogP contribution in [0.3, 0.4) is 0 Å². The smallest absolute Gasteiger partial charge is 0.459 e. The molecule has 3 rings (SSSR count). The topological polar surface area (TPSA) is 178 Å². The van der Waals surface area contributed by atoms with E-state index < -0.39 is 61.7 Å². The van der Waals surface area contributed by atoms with Crippen LogP contribution in [0, 0.1) is 0 Å². The molecule has 13 nitrogen and oxygen atoms in total. The molecule has 1 aliphatic heterocycles. The van der Waals surface area contributed by atoms with Crippen LogP contribution in [0.4, 0.5) is 0 Å². The molecule has 1 unspecified atom stereocenters. The number of esters is 1. The lowest BCUT2D eigenvalue weighted by Crippen LogP contribution is -2.41. The molecule has 186 valence electrons. The summed E-state index contributed by atoms with van der Waals surface area (Å²) in [4.78, 5) is 37.3. The van der Waals surface area contributed by atoms with Crippen molar-refractivity contribution >= 4 is 13.7 Å². The Balaban J connectivity index is 1.82. The summed E-state index contributed by atoms with van der Waals surface area (Å²) < 4.78 is 35.9. The van der Waals surface area contributed by atoms with E-state index in [2.05, 4.69) is 9.82 Å². The molecule has 0 spiro atoms. The Morgan fingerprint density at radius 3 is 2.47 bits per heavy atom. The Morgan fingerprint density at radius 2 is 1.85 bits per heavy atom. The van der Waals surface area contributed by atoms with E-state index in [1.165, 1.54) is 26.0 Å². The van der Waals surface area contributed by atoms with E-state index in [0.717, 1.165) is 23.9 Å². The average molecular weight is 499 g/mol. The average Bonchev–Trinajstić information content (AvgIpc) is 3.08. The molecule has 1 aromatic heterocycles. The summed E-state index contributed by atoms with van der Waals surface area (Å²) in [5, 5.41) is 23.5. The number of H-pyrrole nitrogens is 1. The maximum absolute atomic E-state index is 13.6. The minimum absolute atomic E-state index is 0.174. The number of carbonyl (C=O) groups is 1. The summed E-state index contributed by atoms with van der Waals surface area (Å²) in [5.41, 5.74) is -1.50. The number of aliphatic hydroxyl groups is 2. The largest absolute Gasteiger partial charge is 0.468 e. The van der Waals surface area contributed by atoms with Crippen LogP contribution in [0.15, 0.2) is 52.2 Å². The van der Waals surface area contributed by atoms with Crippen molar-refractivity contribution in [1.29, 1.82) is 0 Å². The number of hydrogen-bond donors (Lipinski definition) is 4. The highest BCUT2D eigenvalue weighted by Gasteiger charge is 2.49. The molecule has 1 aromatic carbocycles. The van der Waals surface area contributed by atoms with Gasteiger partial charge in [-0.1, -0.05) is 18.2 Å². The van der Waals surface area contributed by atoms with Gasteiger partial charge in [-0.05, 0) is 26.0 Å². The van der Waals surface area contributed by atoms with Gasteiger partial charge in [0.05, 0.1) is 13.2 Å². The summed E-state index contributed by atoms with van der Waals surface area (Å²) in [7, 11) is -3.10. The van der Waals surface area contributed by atoms with Crippen LogP contribution in [0.1, 0.15) is 20.1 Å². The van der Waals surface area contributed by atoms with E-state index in [1.54, 1.807) is 18.2 Å². The fourth-order valence-electron chi connectivity index (χ4n) is 3.38. The van der Waals surface area contributed by atoms with Gasteiger partial charge in [-0.15, -0.1) is 0 Å².